The molecule has 1 aliphatic rings. The number of benzene rings is 1. The van der Waals surface area contributed by atoms with Crippen LogP contribution in [0.1, 0.15) is 24.2 Å². The van der Waals surface area contributed by atoms with Crippen LogP contribution in [0.4, 0.5) is 4.39 Å². The Hall–Kier alpha value is -1.33. The highest BCUT2D eigenvalue weighted by molar-refractivity contribution is 9.10. The summed E-state index contributed by atoms with van der Waals surface area (Å²) in [5, 5.41) is 3.41. The van der Waals surface area contributed by atoms with E-state index in [1.165, 1.54) is 18.9 Å². The molecule has 0 radical (unpaired) electrons. The van der Waals surface area contributed by atoms with Crippen molar-refractivity contribution in [3.05, 3.63) is 52.1 Å². The van der Waals surface area contributed by atoms with Gasteiger partial charge in [0.15, 0.2) is 11.6 Å². The predicted molar refractivity (Wildman–Crippen MR) is 77.0 cm³/mol. The first kappa shape index (κ1) is 13.6. The first-order valence-electron chi connectivity index (χ1n) is 6.58. The third-order valence-electron chi connectivity index (χ3n) is 3.14. The molecule has 1 heterocycles. The van der Waals surface area contributed by atoms with Gasteiger partial charge in [0.2, 0.25) is 0 Å². The average molecular weight is 340 g/mol. The molecule has 0 unspecified atom stereocenters. The van der Waals surface area contributed by atoms with Crippen LogP contribution in [0.2, 0.25) is 0 Å². The minimum atomic E-state index is -0.387. The Kier molecular flexibility index (Phi) is 4.08. The largest absolute Gasteiger partial charge is 0.483 e. The van der Waals surface area contributed by atoms with E-state index in [0.717, 1.165) is 12.1 Å². The molecule has 0 amide bonds. The van der Waals surface area contributed by atoms with Gasteiger partial charge in [0.25, 0.3) is 0 Å². The molecular weight excluding hydrogens is 325 g/mol. The van der Waals surface area contributed by atoms with Crippen LogP contribution < -0.4 is 10.1 Å². The van der Waals surface area contributed by atoms with Crippen molar-refractivity contribution < 1.29 is 13.5 Å². The molecule has 0 atom stereocenters. The summed E-state index contributed by atoms with van der Waals surface area (Å²) in [4.78, 5) is 0. The fourth-order valence-electron chi connectivity index (χ4n) is 1.89. The molecule has 5 heteroatoms. The van der Waals surface area contributed by atoms with Crippen molar-refractivity contribution in [2.75, 3.05) is 0 Å². The molecule has 0 bridgehead atoms. The van der Waals surface area contributed by atoms with Crippen molar-refractivity contribution in [3.63, 3.8) is 0 Å². The maximum Gasteiger partial charge on any atom is 0.166 e. The third-order valence-corrected chi connectivity index (χ3v) is 3.64. The number of halogens is 2. The number of furan rings is 1. The molecule has 0 saturated heterocycles. The van der Waals surface area contributed by atoms with Crippen molar-refractivity contribution in [3.8, 4) is 5.75 Å². The van der Waals surface area contributed by atoms with E-state index in [1.54, 1.807) is 18.4 Å². The molecule has 1 aromatic carbocycles. The summed E-state index contributed by atoms with van der Waals surface area (Å²) in [5.74, 6) is 0.531. The summed E-state index contributed by atoms with van der Waals surface area (Å²) < 4.78 is 25.1. The van der Waals surface area contributed by atoms with Gasteiger partial charge in [-0.05, 0) is 37.1 Å². The lowest BCUT2D eigenvalue weighted by atomic mass is 10.3. The van der Waals surface area contributed by atoms with Gasteiger partial charge in [-0.3, -0.25) is 0 Å². The van der Waals surface area contributed by atoms with Crippen molar-refractivity contribution >= 4 is 15.9 Å². The minimum absolute atomic E-state index is 0.224. The first-order chi connectivity index (χ1) is 9.70. The van der Waals surface area contributed by atoms with E-state index >= 15 is 0 Å². The summed E-state index contributed by atoms with van der Waals surface area (Å²) in [6.07, 6.45) is 4.24. The molecule has 1 aromatic heterocycles. The maximum absolute atomic E-state index is 13.6. The predicted octanol–water partition coefficient (Wildman–Crippen LogP) is 4.01. The SMILES string of the molecule is Fc1cc(Br)ccc1OCc1cc(CNC2CC2)co1. The van der Waals surface area contributed by atoms with E-state index in [2.05, 4.69) is 21.2 Å². The molecule has 0 aliphatic heterocycles. The van der Waals surface area contributed by atoms with E-state index < -0.39 is 0 Å². The van der Waals surface area contributed by atoms with Gasteiger partial charge >= 0.3 is 0 Å². The van der Waals surface area contributed by atoms with Crippen LogP contribution >= 0.6 is 15.9 Å². The lowest BCUT2D eigenvalue weighted by molar-refractivity contribution is 0.258. The summed E-state index contributed by atoms with van der Waals surface area (Å²) in [6.45, 7) is 1.03. The fraction of sp³-hybridized carbons (Fsp3) is 0.333. The zero-order valence-electron chi connectivity index (χ0n) is 10.9. The molecule has 2 aromatic rings. The van der Waals surface area contributed by atoms with Crippen LogP contribution in [0.3, 0.4) is 0 Å². The number of nitrogens with one attached hydrogen (secondary N) is 1. The summed E-state index contributed by atoms with van der Waals surface area (Å²) in [6, 6.07) is 7.32. The fourth-order valence-corrected chi connectivity index (χ4v) is 2.22. The smallest absolute Gasteiger partial charge is 0.166 e. The highest BCUT2D eigenvalue weighted by Crippen LogP contribution is 2.23. The van der Waals surface area contributed by atoms with Gasteiger partial charge in [-0.1, -0.05) is 15.9 Å². The third kappa shape index (κ3) is 3.61. The van der Waals surface area contributed by atoms with Gasteiger partial charge in [-0.15, -0.1) is 0 Å². The summed E-state index contributed by atoms with van der Waals surface area (Å²) in [5.41, 5.74) is 1.09. The second kappa shape index (κ2) is 5.97. The molecule has 20 heavy (non-hydrogen) atoms. The number of hydrogen-bond acceptors (Lipinski definition) is 3. The second-order valence-corrected chi connectivity index (χ2v) is 5.86. The van der Waals surface area contributed by atoms with E-state index in [4.69, 9.17) is 9.15 Å². The Morgan fingerprint density at radius 2 is 2.20 bits per heavy atom. The highest BCUT2D eigenvalue weighted by atomic mass is 79.9. The van der Waals surface area contributed by atoms with Crippen LogP contribution in [-0.2, 0) is 13.2 Å². The topological polar surface area (TPSA) is 34.4 Å². The molecule has 106 valence electrons. The van der Waals surface area contributed by atoms with Crippen molar-refractivity contribution in [1.82, 2.24) is 5.32 Å². The zero-order chi connectivity index (χ0) is 13.9. The normalized spacial score (nSPS) is 14.5. The van der Waals surface area contributed by atoms with Crippen molar-refractivity contribution in [1.29, 1.82) is 0 Å². The number of rotatable bonds is 6. The Bertz CT molecular complexity index is 595. The minimum Gasteiger partial charge on any atom is -0.483 e. The first-order valence-corrected chi connectivity index (χ1v) is 7.37. The van der Waals surface area contributed by atoms with Gasteiger partial charge in [0.1, 0.15) is 12.4 Å². The van der Waals surface area contributed by atoms with Gasteiger partial charge in [0, 0.05) is 22.6 Å². The molecule has 3 nitrogen and oxygen atoms in total. The molecule has 0 spiro atoms. The lowest BCUT2D eigenvalue weighted by Crippen LogP contribution is -2.14. The molecule has 1 saturated carbocycles. The number of ether oxygens (including phenoxy) is 1. The summed E-state index contributed by atoms with van der Waals surface area (Å²) in [7, 11) is 0. The van der Waals surface area contributed by atoms with Gasteiger partial charge in [-0.25, -0.2) is 4.39 Å². The summed E-state index contributed by atoms with van der Waals surface area (Å²) >= 11 is 3.21. The Morgan fingerprint density at radius 1 is 1.35 bits per heavy atom. The maximum atomic E-state index is 13.6. The molecule has 3 rings (SSSR count). The van der Waals surface area contributed by atoms with E-state index in [1.807, 2.05) is 6.07 Å². The van der Waals surface area contributed by atoms with E-state index in [-0.39, 0.29) is 18.2 Å². The molecule has 1 fully saturated rings. The number of hydrogen-bond donors (Lipinski definition) is 1. The van der Waals surface area contributed by atoms with Gasteiger partial charge < -0.3 is 14.5 Å². The average Bonchev–Trinajstić information content (AvgIpc) is 3.14. The van der Waals surface area contributed by atoms with Crippen LogP contribution in [0.15, 0.2) is 39.4 Å². The van der Waals surface area contributed by atoms with Gasteiger partial charge in [0.05, 0.1) is 6.26 Å². The van der Waals surface area contributed by atoms with Crippen molar-refractivity contribution in [2.24, 2.45) is 0 Å². The Balaban J connectivity index is 1.54. The van der Waals surface area contributed by atoms with Crippen molar-refractivity contribution in [2.45, 2.75) is 32.0 Å². The van der Waals surface area contributed by atoms with Crippen LogP contribution in [0.5, 0.6) is 5.75 Å². The van der Waals surface area contributed by atoms with E-state index in [9.17, 15) is 4.39 Å². The highest BCUT2D eigenvalue weighted by Gasteiger charge is 2.20. The standard InChI is InChI=1S/C15H15BrFNO2/c16-11-1-4-15(14(17)6-11)20-9-13-5-10(8-19-13)7-18-12-2-3-12/h1,4-6,8,12,18H,2-3,7,9H2. The Morgan fingerprint density at radius 3 is 2.95 bits per heavy atom. The monoisotopic (exact) mass is 339 g/mol. The molecule has 1 N–H and O–H groups in total. The zero-order valence-corrected chi connectivity index (χ0v) is 12.5. The van der Waals surface area contributed by atoms with Gasteiger partial charge in [-0.2, -0.15) is 0 Å². The molecule has 1 aliphatic carbocycles. The second-order valence-electron chi connectivity index (χ2n) is 4.94. The van der Waals surface area contributed by atoms with Crippen LogP contribution in [0.25, 0.3) is 0 Å². The molecular formula is C15H15BrFNO2. The van der Waals surface area contributed by atoms with Crippen LogP contribution in [0, 0.1) is 5.82 Å². The quantitative estimate of drug-likeness (QED) is 0.863. The lowest BCUT2D eigenvalue weighted by Gasteiger charge is -2.05. The van der Waals surface area contributed by atoms with Crippen LogP contribution in [-0.4, -0.2) is 6.04 Å². The Labute approximate surface area is 125 Å². The van der Waals surface area contributed by atoms with E-state index in [0.29, 0.717) is 16.3 Å².